The van der Waals surface area contributed by atoms with Gasteiger partial charge in [0.15, 0.2) is 0 Å². The van der Waals surface area contributed by atoms with E-state index in [0.29, 0.717) is 0 Å². The average Bonchev–Trinajstić information content (AvgIpc) is 2.48. The van der Waals surface area contributed by atoms with E-state index in [1.807, 2.05) is 18.2 Å². The third-order valence-electron chi connectivity index (χ3n) is 5.06. The Morgan fingerprint density at radius 1 is 1.10 bits per heavy atom. The van der Waals surface area contributed by atoms with E-state index < -0.39 is 0 Å². The maximum Gasteiger partial charge on any atom is 0.120 e. The van der Waals surface area contributed by atoms with Gasteiger partial charge in [-0.15, -0.1) is 0 Å². The number of rotatable bonds is 4. The quantitative estimate of drug-likeness (QED) is 0.904. The zero-order chi connectivity index (χ0) is 14.2. The third-order valence-corrected chi connectivity index (χ3v) is 5.06. The summed E-state index contributed by atoms with van der Waals surface area (Å²) < 4.78 is 6.17. The number of hydrogen-bond acceptors (Lipinski definition) is 2. The molecular weight excluding hydrogens is 248 g/mol. The van der Waals surface area contributed by atoms with Crippen LogP contribution < -0.4 is 4.74 Å². The fourth-order valence-corrected chi connectivity index (χ4v) is 3.47. The van der Waals surface area contributed by atoms with Crippen LogP contribution in [0.4, 0.5) is 0 Å². The minimum atomic E-state index is -0.219. The Labute approximate surface area is 120 Å². The lowest BCUT2D eigenvalue weighted by Crippen LogP contribution is -2.59. The molecule has 2 atom stereocenters. The summed E-state index contributed by atoms with van der Waals surface area (Å²) in [5.74, 6) is 0.909. The minimum absolute atomic E-state index is 0.0638. The predicted molar refractivity (Wildman–Crippen MR) is 82.0 cm³/mol. The molecule has 0 amide bonds. The highest BCUT2D eigenvalue weighted by Crippen LogP contribution is 2.49. The lowest BCUT2D eigenvalue weighted by Gasteiger charge is -2.52. The van der Waals surface area contributed by atoms with E-state index in [-0.39, 0.29) is 17.6 Å². The van der Waals surface area contributed by atoms with Crippen molar-refractivity contribution >= 4 is 10.8 Å². The van der Waals surface area contributed by atoms with Gasteiger partial charge in [-0.2, -0.15) is 0 Å². The first-order valence-corrected chi connectivity index (χ1v) is 7.53. The van der Waals surface area contributed by atoms with Crippen molar-refractivity contribution < 1.29 is 9.84 Å². The highest BCUT2D eigenvalue weighted by atomic mass is 16.5. The van der Waals surface area contributed by atoms with Crippen molar-refractivity contribution in [3.8, 4) is 5.75 Å². The number of aliphatic hydroxyl groups is 1. The molecule has 1 aliphatic rings. The van der Waals surface area contributed by atoms with Crippen molar-refractivity contribution in [2.24, 2.45) is 5.41 Å². The van der Waals surface area contributed by atoms with E-state index in [0.717, 1.165) is 25.0 Å². The molecule has 0 radical (unpaired) electrons. The molecule has 2 aromatic rings. The maximum absolute atomic E-state index is 10.1. The Balaban J connectivity index is 1.83. The molecule has 2 aromatic carbocycles. The van der Waals surface area contributed by atoms with Crippen molar-refractivity contribution in [1.29, 1.82) is 0 Å². The molecule has 1 saturated carbocycles. The van der Waals surface area contributed by atoms with E-state index in [1.165, 1.54) is 10.8 Å². The summed E-state index contributed by atoms with van der Waals surface area (Å²) in [5.41, 5.74) is -0.0638. The lowest BCUT2D eigenvalue weighted by molar-refractivity contribution is -0.159. The van der Waals surface area contributed by atoms with Crippen LogP contribution in [0.5, 0.6) is 5.75 Å². The van der Waals surface area contributed by atoms with Crippen LogP contribution in [0.2, 0.25) is 0 Å². The van der Waals surface area contributed by atoms with Gasteiger partial charge in [-0.3, -0.25) is 0 Å². The fraction of sp³-hybridized carbons (Fsp3) is 0.444. The summed E-state index contributed by atoms with van der Waals surface area (Å²) >= 11 is 0. The molecule has 0 saturated heterocycles. The summed E-state index contributed by atoms with van der Waals surface area (Å²) in [7, 11) is 0. The average molecular weight is 270 g/mol. The minimum Gasteiger partial charge on any atom is -0.490 e. The second kappa shape index (κ2) is 5.10. The first-order chi connectivity index (χ1) is 9.69. The molecule has 1 aliphatic carbocycles. The molecular formula is C18H22O2. The van der Waals surface area contributed by atoms with Crippen LogP contribution in [-0.2, 0) is 0 Å². The molecule has 0 heterocycles. The molecule has 20 heavy (non-hydrogen) atoms. The van der Waals surface area contributed by atoms with Crippen molar-refractivity contribution in [1.82, 2.24) is 0 Å². The molecule has 0 aromatic heterocycles. The Morgan fingerprint density at radius 3 is 2.45 bits per heavy atom. The maximum atomic E-state index is 10.1. The highest BCUT2D eigenvalue weighted by Gasteiger charge is 2.53. The van der Waals surface area contributed by atoms with Gasteiger partial charge in [0.25, 0.3) is 0 Å². The van der Waals surface area contributed by atoms with Crippen molar-refractivity contribution in [2.75, 3.05) is 0 Å². The van der Waals surface area contributed by atoms with E-state index in [2.05, 4.69) is 38.1 Å². The number of benzene rings is 2. The molecule has 0 bridgehead atoms. The van der Waals surface area contributed by atoms with Gasteiger partial charge in [0.2, 0.25) is 0 Å². The smallest absolute Gasteiger partial charge is 0.120 e. The SMILES string of the molecule is CCC1(CC)C(O)CC1Oc1ccc2ccccc2c1. The van der Waals surface area contributed by atoms with Crippen LogP contribution in [0, 0.1) is 5.41 Å². The topological polar surface area (TPSA) is 29.5 Å². The van der Waals surface area contributed by atoms with Crippen LogP contribution in [0.1, 0.15) is 33.1 Å². The Hall–Kier alpha value is -1.54. The summed E-state index contributed by atoms with van der Waals surface area (Å²) in [5, 5.41) is 12.5. The normalized spacial score (nSPS) is 24.4. The van der Waals surface area contributed by atoms with Crippen LogP contribution in [0.3, 0.4) is 0 Å². The van der Waals surface area contributed by atoms with Gasteiger partial charge in [0, 0.05) is 11.8 Å². The molecule has 1 N–H and O–H groups in total. The van der Waals surface area contributed by atoms with Gasteiger partial charge in [0.1, 0.15) is 11.9 Å². The summed E-state index contributed by atoms with van der Waals surface area (Å²) in [6, 6.07) is 14.5. The molecule has 1 fully saturated rings. The van der Waals surface area contributed by atoms with Gasteiger partial charge in [-0.05, 0) is 35.7 Å². The number of ether oxygens (including phenoxy) is 1. The van der Waals surface area contributed by atoms with Gasteiger partial charge < -0.3 is 9.84 Å². The van der Waals surface area contributed by atoms with Crippen LogP contribution in [0.15, 0.2) is 42.5 Å². The summed E-state index contributed by atoms with van der Waals surface area (Å²) in [6.45, 7) is 4.28. The zero-order valence-electron chi connectivity index (χ0n) is 12.2. The molecule has 2 heteroatoms. The first kappa shape index (κ1) is 13.4. The van der Waals surface area contributed by atoms with E-state index >= 15 is 0 Å². The second-order valence-corrected chi connectivity index (χ2v) is 5.81. The van der Waals surface area contributed by atoms with Gasteiger partial charge in [0.05, 0.1) is 6.10 Å². The molecule has 106 valence electrons. The van der Waals surface area contributed by atoms with Gasteiger partial charge in [-0.25, -0.2) is 0 Å². The standard InChI is InChI=1S/C18H22O2/c1-3-18(4-2)16(19)12-17(18)20-15-10-9-13-7-5-6-8-14(13)11-15/h5-11,16-17,19H,3-4,12H2,1-2H3. The predicted octanol–water partition coefficient (Wildman–Crippen LogP) is 4.16. The number of aliphatic hydroxyl groups excluding tert-OH is 1. The van der Waals surface area contributed by atoms with Crippen molar-refractivity contribution in [3.63, 3.8) is 0 Å². The first-order valence-electron chi connectivity index (χ1n) is 7.53. The molecule has 0 aliphatic heterocycles. The Bertz CT molecular complexity index is 601. The fourth-order valence-electron chi connectivity index (χ4n) is 3.47. The second-order valence-electron chi connectivity index (χ2n) is 5.81. The van der Waals surface area contributed by atoms with Crippen molar-refractivity contribution in [2.45, 2.75) is 45.3 Å². The van der Waals surface area contributed by atoms with Crippen LogP contribution in [-0.4, -0.2) is 17.3 Å². The van der Waals surface area contributed by atoms with Crippen LogP contribution >= 0.6 is 0 Å². The van der Waals surface area contributed by atoms with E-state index in [4.69, 9.17) is 4.74 Å². The molecule has 2 nitrogen and oxygen atoms in total. The summed E-state index contributed by atoms with van der Waals surface area (Å²) in [6.07, 6.45) is 2.58. The number of fused-ring (bicyclic) bond motifs is 1. The highest BCUT2D eigenvalue weighted by molar-refractivity contribution is 5.83. The monoisotopic (exact) mass is 270 g/mol. The largest absolute Gasteiger partial charge is 0.490 e. The van der Waals surface area contributed by atoms with Crippen molar-refractivity contribution in [3.05, 3.63) is 42.5 Å². The lowest BCUT2D eigenvalue weighted by atomic mass is 9.60. The van der Waals surface area contributed by atoms with Crippen LogP contribution in [0.25, 0.3) is 10.8 Å². The van der Waals surface area contributed by atoms with E-state index in [9.17, 15) is 5.11 Å². The molecule has 3 rings (SSSR count). The molecule has 2 unspecified atom stereocenters. The van der Waals surface area contributed by atoms with E-state index in [1.54, 1.807) is 0 Å². The zero-order valence-corrected chi connectivity index (χ0v) is 12.2. The Morgan fingerprint density at radius 2 is 1.80 bits per heavy atom. The number of hydrogen-bond donors (Lipinski definition) is 1. The Kier molecular flexibility index (Phi) is 3.43. The van der Waals surface area contributed by atoms with Gasteiger partial charge in [-0.1, -0.05) is 44.2 Å². The summed E-state index contributed by atoms with van der Waals surface area (Å²) in [4.78, 5) is 0. The third kappa shape index (κ3) is 1.99. The van der Waals surface area contributed by atoms with Gasteiger partial charge >= 0.3 is 0 Å². The molecule has 0 spiro atoms.